The predicted molar refractivity (Wildman–Crippen MR) is 73.8 cm³/mol. The van der Waals surface area contributed by atoms with Crippen molar-refractivity contribution < 1.29 is 4.74 Å². The van der Waals surface area contributed by atoms with Crippen molar-refractivity contribution >= 4 is 0 Å². The first-order chi connectivity index (χ1) is 8.86. The average molecular weight is 252 g/mol. The Labute approximate surface area is 111 Å². The number of nitrogens with one attached hydrogen (secondary N) is 1. The Hall–Kier alpha value is -0.120. The van der Waals surface area contributed by atoms with Gasteiger partial charge in [0.1, 0.15) is 0 Å². The van der Waals surface area contributed by atoms with Gasteiger partial charge >= 0.3 is 0 Å². The van der Waals surface area contributed by atoms with Gasteiger partial charge in [0.15, 0.2) is 0 Å². The summed E-state index contributed by atoms with van der Waals surface area (Å²) in [5, 5.41) is 3.89. The van der Waals surface area contributed by atoms with Gasteiger partial charge in [0.25, 0.3) is 0 Å². The van der Waals surface area contributed by atoms with Crippen molar-refractivity contribution in [1.29, 1.82) is 0 Å². The average Bonchev–Trinajstić information content (AvgIpc) is 3.25. The van der Waals surface area contributed by atoms with Crippen LogP contribution in [0.1, 0.15) is 51.4 Å². The van der Waals surface area contributed by atoms with Crippen LogP contribution in [0.3, 0.4) is 0 Å². The molecular formula is C15H28N2O. The Balaban J connectivity index is 1.44. The normalized spacial score (nSPS) is 35.8. The summed E-state index contributed by atoms with van der Waals surface area (Å²) in [6.45, 7) is 2.62. The number of methoxy groups -OCH3 is 1. The molecule has 3 rings (SSSR count). The first-order valence-electron chi connectivity index (χ1n) is 7.89. The van der Waals surface area contributed by atoms with Gasteiger partial charge in [-0.3, -0.25) is 0 Å². The lowest BCUT2D eigenvalue weighted by atomic mass is 9.91. The van der Waals surface area contributed by atoms with Crippen molar-refractivity contribution in [2.45, 2.75) is 75.6 Å². The SMILES string of the molecule is COC1CCCCC1NC1CCN(C2CC2)CC1. The molecule has 3 aliphatic rings. The molecule has 18 heavy (non-hydrogen) atoms. The predicted octanol–water partition coefficient (Wildman–Crippen LogP) is 2.16. The van der Waals surface area contributed by atoms with Crippen molar-refractivity contribution in [1.82, 2.24) is 10.2 Å². The van der Waals surface area contributed by atoms with E-state index < -0.39 is 0 Å². The molecule has 0 bridgehead atoms. The highest BCUT2D eigenvalue weighted by Crippen LogP contribution is 2.30. The molecule has 2 atom stereocenters. The van der Waals surface area contributed by atoms with E-state index in [1.807, 2.05) is 7.11 Å². The maximum absolute atomic E-state index is 5.64. The van der Waals surface area contributed by atoms with Gasteiger partial charge in [-0.1, -0.05) is 12.8 Å². The number of hydrogen-bond acceptors (Lipinski definition) is 3. The number of hydrogen-bond donors (Lipinski definition) is 1. The van der Waals surface area contributed by atoms with E-state index in [1.165, 1.54) is 64.5 Å². The molecule has 0 aromatic heterocycles. The van der Waals surface area contributed by atoms with E-state index >= 15 is 0 Å². The molecule has 0 radical (unpaired) electrons. The van der Waals surface area contributed by atoms with Gasteiger partial charge in [-0.2, -0.15) is 0 Å². The minimum atomic E-state index is 0.459. The zero-order valence-corrected chi connectivity index (χ0v) is 11.7. The van der Waals surface area contributed by atoms with Crippen molar-refractivity contribution in [2.24, 2.45) is 0 Å². The fourth-order valence-corrected chi connectivity index (χ4v) is 3.74. The van der Waals surface area contributed by atoms with Crippen LogP contribution in [-0.4, -0.2) is 49.3 Å². The van der Waals surface area contributed by atoms with Crippen LogP contribution in [0.25, 0.3) is 0 Å². The molecule has 1 heterocycles. The highest BCUT2D eigenvalue weighted by atomic mass is 16.5. The zero-order chi connectivity index (χ0) is 12.4. The maximum Gasteiger partial charge on any atom is 0.0724 e. The van der Waals surface area contributed by atoms with E-state index in [1.54, 1.807) is 0 Å². The van der Waals surface area contributed by atoms with Gasteiger partial charge in [0, 0.05) is 25.2 Å². The van der Waals surface area contributed by atoms with E-state index in [2.05, 4.69) is 10.2 Å². The van der Waals surface area contributed by atoms with Crippen LogP contribution in [0.2, 0.25) is 0 Å². The molecule has 0 amide bonds. The van der Waals surface area contributed by atoms with Crippen LogP contribution < -0.4 is 5.32 Å². The van der Waals surface area contributed by atoms with Crippen molar-refractivity contribution in [2.75, 3.05) is 20.2 Å². The number of nitrogens with zero attached hydrogens (tertiary/aromatic N) is 1. The minimum absolute atomic E-state index is 0.459. The Morgan fingerprint density at radius 1 is 0.944 bits per heavy atom. The van der Waals surface area contributed by atoms with E-state index in [0.717, 1.165) is 12.1 Å². The fourth-order valence-electron chi connectivity index (χ4n) is 3.74. The van der Waals surface area contributed by atoms with E-state index in [4.69, 9.17) is 4.74 Å². The monoisotopic (exact) mass is 252 g/mol. The Morgan fingerprint density at radius 3 is 2.33 bits per heavy atom. The summed E-state index contributed by atoms with van der Waals surface area (Å²) in [5.41, 5.74) is 0. The van der Waals surface area contributed by atoms with Crippen molar-refractivity contribution in [3.8, 4) is 0 Å². The molecule has 104 valence electrons. The molecule has 1 aliphatic heterocycles. The van der Waals surface area contributed by atoms with Crippen LogP contribution in [0, 0.1) is 0 Å². The van der Waals surface area contributed by atoms with Crippen LogP contribution in [-0.2, 0) is 4.74 Å². The summed E-state index contributed by atoms with van der Waals surface area (Å²) in [4.78, 5) is 2.70. The highest BCUT2D eigenvalue weighted by Gasteiger charge is 2.33. The first kappa shape index (κ1) is 12.9. The lowest BCUT2D eigenvalue weighted by molar-refractivity contribution is 0.0333. The third kappa shape index (κ3) is 3.06. The fraction of sp³-hybridized carbons (Fsp3) is 1.00. The van der Waals surface area contributed by atoms with E-state index in [9.17, 15) is 0 Å². The molecule has 2 saturated carbocycles. The van der Waals surface area contributed by atoms with Crippen LogP contribution in [0.15, 0.2) is 0 Å². The molecular weight excluding hydrogens is 224 g/mol. The molecule has 3 fully saturated rings. The standard InChI is InChI=1S/C15H28N2O/c1-18-15-5-3-2-4-14(15)16-12-8-10-17(11-9-12)13-6-7-13/h12-16H,2-11H2,1H3. The van der Waals surface area contributed by atoms with Gasteiger partial charge in [-0.05, 0) is 51.6 Å². The van der Waals surface area contributed by atoms with Crippen LogP contribution >= 0.6 is 0 Å². The van der Waals surface area contributed by atoms with E-state index in [-0.39, 0.29) is 0 Å². The molecule has 0 aromatic rings. The summed E-state index contributed by atoms with van der Waals surface area (Å²) < 4.78 is 5.64. The van der Waals surface area contributed by atoms with Gasteiger partial charge < -0.3 is 15.0 Å². The molecule has 3 nitrogen and oxygen atoms in total. The molecule has 3 heteroatoms. The second-order valence-electron chi connectivity index (χ2n) is 6.37. The van der Waals surface area contributed by atoms with Gasteiger partial charge in [0.2, 0.25) is 0 Å². The Kier molecular flexibility index (Phi) is 4.22. The lowest BCUT2D eigenvalue weighted by Crippen LogP contribution is -2.51. The van der Waals surface area contributed by atoms with Gasteiger partial charge in [-0.25, -0.2) is 0 Å². The van der Waals surface area contributed by atoms with Crippen molar-refractivity contribution in [3.05, 3.63) is 0 Å². The largest absolute Gasteiger partial charge is 0.380 e. The molecule has 1 N–H and O–H groups in total. The topological polar surface area (TPSA) is 24.5 Å². The molecule has 1 saturated heterocycles. The number of rotatable bonds is 4. The quantitative estimate of drug-likeness (QED) is 0.830. The summed E-state index contributed by atoms with van der Waals surface area (Å²) in [6, 6.07) is 2.30. The van der Waals surface area contributed by atoms with Gasteiger partial charge in [-0.15, -0.1) is 0 Å². The maximum atomic E-state index is 5.64. The molecule has 2 aliphatic carbocycles. The third-order valence-corrected chi connectivity index (χ3v) is 5.05. The zero-order valence-electron chi connectivity index (χ0n) is 11.7. The number of piperidine rings is 1. The van der Waals surface area contributed by atoms with Gasteiger partial charge in [0.05, 0.1) is 6.10 Å². The van der Waals surface area contributed by atoms with E-state index in [0.29, 0.717) is 12.1 Å². The lowest BCUT2D eigenvalue weighted by Gasteiger charge is -2.38. The molecule has 0 spiro atoms. The summed E-state index contributed by atoms with van der Waals surface area (Å²) in [6.07, 6.45) is 11.3. The number of likely N-dealkylation sites (tertiary alicyclic amines) is 1. The smallest absolute Gasteiger partial charge is 0.0724 e. The molecule has 0 aromatic carbocycles. The highest BCUT2D eigenvalue weighted by molar-refractivity contribution is 4.91. The molecule has 2 unspecified atom stereocenters. The number of ether oxygens (including phenoxy) is 1. The second-order valence-corrected chi connectivity index (χ2v) is 6.37. The van der Waals surface area contributed by atoms with Crippen LogP contribution in [0.4, 0.5) is 0 Å². The first-order valence-corrected chi connectivity index (χ1v) is 7.89. The van der Waals surface area contributed by atoms with Crippen molar-refractivity contribution in [3.63, 3.8) is 0 Å². The third-order valence-electron chi connectivity index (χ3n) is 5.05. The Bertz CT molecular complexity index is 259. The second kappa shape index (κ2) is 5.89. The summed E-state index contributed by atoms with van der Waals surface area (Å²) in [5.74, 6) is 0. The summed E-state index contributed by atoms with van der Waals surface area (Å²) >= 11 is 0. The summed E-state index contributed by atoms with van der Waals surface area (Å²) in [7, 11) is 1.88. The minimum Gasteiger partial charge on any atom is -0.380 e. The van der Waals surface area contributed by atoms with Crippen LogP contribution in [0.5, 0.6) is 0 Å². The Morgan fingerprint density at radius 2 is 1.67 bits per heavy atom.